The van der Waals surface area contributed by atoms with Crippen molar-refractivity contribution >= 4 is 11.9 Å². The second-order valence-corrected chi connectivity index (χ2v) is 5.48. The molecular formula is C20H21NO4. The number of benzene rings is 1. The number of esters is 2. The minimum atomic E-state index is -0.715. The van der Waals surface area contributed by atoms with Crippen LogP contribution < -0.4 is 5.32 Å². The predicted molar refractivity (Wildman–Crippen MR) is 94.0 cm³/mol. The van der Waals surface area contributed by atoms with Crippen molar-refractivity contribution in [2.24, 2.45) is 5.92 Å². The Labute approximate surface area is 147 Å². The van der Waals surface area contributed by atoms with Crippen molar-refractivity contribution in [1.29, 1.82) is 0 Å². The maximum atomic E-state index is 12.4. The quantitative estimate of drug-likeness (QED) is 0.677. The minimum Gasteiger partial charge on any atom is -0.466 e. The Kier molecular flexibility index (Phi) is 6.02. The number of carbonyl (C=O) groups is 2. The van der Waals surface area contributed by atoms with Crippen molar-refractivity contribution in [1.82, 2.24) is 5.32 Å². The fraction of sp³-hybridized carbons (Fsp3) is 0.300. The molecular weight excluding hydrogens is 318 g/mol. The van der Waals surface area contributed by atoms with Crippen molar-refractivity contribution < 1.29 is 19.1 Å². The smallest absolute Gasteiger partial charge is 0.337 e. The zero-order chi connectivity index (χ0) is 18.4. The fourth-order valence-corrected chi connectivity index (χ4v) is 2.68. The average molecular weight is 339 g/mol. The van der Waals surface area contributed by atoms with E-state index in [2.05, 4.69) is 17.2 Å². The standard InChI is InChI=1S/C20H21NO4/c1-5-25-20(23)18-14(3)21-13(2)17(19(22)24-4)16(18)12-11-15-9-7-6-8-10-15/h6-10,16,21H,5H2,1-4H3/t16-/m1/s1. The molecule has 0 bridgehead atoms. The van der Waals surface area contributed by atoms with E-state index in [4.69, 9.17) is 9.47 Å². The topological polar surface area (TPSA) is 64.6 Å². The molecule has 5 heteroatoms. The number of hydrogen-bond donors (Lipinski definition) is 1. The zero-order valence-electron chi connectivity index (χ0n) is 14.8. The number of ether oxygens (including phenoxy) is 2. The zero-order valence-corrected chi connectivity index (χ0v) is 14.8. The van der Waals surface area contributed by atoms with E-state index in [9.17, 15) is 9.59 Å². The van der Waals surface area contributed by atoms with Gasteiger partial charge in [0.1, 0.15) is 0 Å². The molecule has 25 heavy (non-hydrogen) atoms. The first kappa shape index (κ1) is 18.3. The highest BCUT2D eigenvalue weighted by molar-refractivity contribution is 5.98. The van der Waals surface area contributed by atoms with Crippen LogP contribution in [0.3, 0.4) is 0 Å². The summed E-state index contributed by atoms with van der Waals surface area (Å²) in [5.74, 6) is 4.35. The van der Waals surface area contributed by atoms with E-state index in [0.717, 1.165) is 5.56 Å². The van der Waals surface area contributed by atoms with E-state index < -0.39 is 17.9 Å². The summed E-state index contributed by atoms with van der Waals surface area (Å²) < 4.78 is 10.0. The second-order valence-electron chi connectivity index (χ2n) is 5.48. The number of methoxy groups -OCH3 is 1. The third kappa shape index (κ3) is 4.10. The van der Waals surface area contributed by atoms with Gasteiger partial charge in [-0.25, -0.2) is 9.59 Å². The lowest BCUT2D eigenvalue weighted by Gasteiger charge is -2.26. The summed E-state index contributed by atoms with van der Waals surface area (Å²) in [6, 6.07) is 9.38. The molecule has 1 N–H and O–H groups in total. The molecule has 0 saturated heterocycles. The summed E-state index contributed by atoms with van der Waals surface area (Å²) in [6.45, 7) is 5.50. The number of rotatable bonds is 3. The lowest BCUT2D eigenvalue weighted by molar-refractivity contribution is -0.139. The van der Waals surface area contributed by atoms with Crippen molar-refractivity contribution in [3.05, 3.63) is 58.4 Å². The monoisotopic (exact) mass is 339 g/mol. The third-order valence-corrected chi connectivity index (χ3v) is 3.80. The largest absolute Gasteiger partial charge is 0.466 e. The highest BCUT2D eigenvalue weighted by Crippen LogP contribution is 2.31. The van der Waals surface area contributed by atoms with Gasteiger partial charge >= 0.3 is 11.9 Å². The van der Waals surface area contributed by atoms with Gasteiger partial charge in [-0.15, -0.1) is 0 Å². The van der Waals surface area contributed by atoms with Crippen LogP contribution in [0.5, 0.6) is 0 Å². The molecule has 0 aliphatic carbocycles. The Balaban J connectivity index is 2.54. The number of nitrogens with one attached hydrogen (secondary N) is 1. The van der Waals surface area contributed by atoms with E-state index in [1.165, 1.54) is 7.11 Å². The summed E-state index contributed by atoms with van der Waals surface area (Å²) in [6.07, 6.45) is 0. The van der Waals surface area contributed by atoms with E-state index in [1.54, 1.807) is 20.8 Å². The van der Waals surface area contributed by atoms with Gasteiger partial charge in [-0.1, -0.05) is 30.0 Å². The first-order chi connectivity index (χ1) is 12.0. The number of hydrogen-bond acceptors (Lipinski definition) is 5. The lowest BCUT2D eigenvalue weighted by Crippen LogP contribution is -2.32. The first-order valence-electron chi connectivity index (χ1n) is 8.00. The molecule has 1 aliphatic rings. The van der Waals surface area contributed by atoms with Crippen LogP contribution in [0.4, 0.5) is 0 Å². The van der Waals surface area contributed by atoms with Gasteiger partial charge in [0.2, 0.25) is 0 Å². The molecule has 0 fully saturated rings. The summed E-state index contributed by atoms with van der Waals surface area (Å²) in [7, 11) is 1.31. The van der Waals surface area contributed by atoms with Gasteiger partial charge in [-0.3, -0.25) is 0 Å². The van der Waals surface area contributed by atoms with Gasteiger partial charge in [-0.05, 0) is 32.9 Å². The lowest BCUT2D eigenvalue weighted by atomic mass is 9.85. The molecule has 130 valence electrons. The molecule has 1 aromatic rings. The van der Waals surface area contributed by atoms with Crippen molar-refractivity contribution in [3.63, 3.8) is 0 Å². The van der Waals surface area contributed by atoms with Crippen LogP contribution in [0.1, 0.15) is 26.3 Å². The Morgan fingerprint density at radius 1 is 1.08 bits per heavy atom. The van der Waals surface area contributed by atoms with E-state index in [1.807, 2.05) is 30.3 Å². The summed E-state index contributed by atoms with van der Waals surface area (Å²) >= 11 is 0. The molecule has 1 aromatic carbocycles. The van der Waals surface area contributed by atoms with Crippen LogP contribution in [0.2, 0.25) is 0 Å². The summed E-state index contributed by atoms with van der Waals surface area (Å²) in [5.41, 5.74) is 2.68. The molecule has 0 aromatic heterocycles. The van der Waals surface area contributed by atoms with Crippen LogP contribution in [0.15, 0.2) is 52.9 Å². The van der Waals surface area contributed by atoms with Gasteiger partial charge < -0.3 is 14.8 Å². The normalized spacial score (nSPS) is 16.6. The van der Waals surface area contributed by atoms with Crippen LogP contribution in [-0.2, 0) is 19.1 Å². The summed E-state index contributed by atoms with van der Waals surface area (Å²) in [4.78, 5) is 24.7. The number of dihydropyridines is 1. The van der Waals surface area contributed by atoms with Gasteiger partial charge in [0.15, 0.2) is 0 Å². The molecule has 0 unspecified atom stereocenters. The molecule has 0 spiro atoms. The molecule has 0 saturated carbocycles. The molecule has 0 radical (unpaired) electrons. The fourth-order valence-electron chi connectivity index (χ4n) is 2.68. The van der Waals surface area contributed by atoms with Crippen LogP contribution >= 0.6 is 0 Å². The van der Waals surface area contributed by atoms with Crippen LogP contribution in [0, 0.1) is 17.8 Å². The second kappa shape index (κ2) is 8.20. The van der Waals surface area contributed by atoms with E-state index in [0.29, 0.717) is 22.5 Å². The van der Waals surface area contributed by atoms with Crippen molar-refractivity contribution in [3.8, 4) is 11.8 Å². The van der Waals surface area contributed by atoms with Gasteiger partial charge in [0.05, 0.1) is 30.8 Å². The van der Waals surface area contributed by atoms with Crippen molar-refractivity contribution in [2.75, 3.05) is 13.7 Å². The van der Waals surface area contributed by atoms with Crippen LogP contribution in [-0.4, -0.2) is 25.7 Å². The first-order valence-corrected chi connectivity index (χ1v) is 8.00. The number of carbonyl (C=O) groups excluding carboxylic acids is 2. The van der Waals surface area contributed by atoms with E-state index >= 15 is 0 Å². The van der Waals surface area contributed by atoms with Crippen LogP contribution in [0.25, 0.3) is 0 Å². The molecule has 1 atom stereocenters. The summed E-state index contributed by atoms with van der Waals surface area (Å²) in [5, 5.41) is 3.05. The molecule has 0 amide bonds. The predicted octanol–water partition coefficient (Wildman–Crippen LogP) is 2.54. The Morgan fingerprint density at radius 3 is 2.24 bits per heavy atom. The van der Waals surface area contributed by atoms with Crippen molar-refractivity contribution in [2.45, 2.75) is 20.8 Å². The van der Waals surface area contributed by atoms with Gasteiger partial charge in [0, 0.05) is 17.0 Å². The highest BCUT2D eigenvalue weighted by atomic mass is 16.5. The SMILES string of the molecule is CCOC(=O)C1=C(C)NC(C)=C(C(=O)OC)[C@H]1C#Cc1ccccc1. The average Bonchev–Trinajstić information content (AvgIpc) is 2.60. The molecule has 1 aliphatic heterocycles. The highest BCUT2D eigenvalue weighted by Gasteiger charge is 2.35. The molecule has 5 nitrogen and oxygen atoms in total. The van der Waals surface area contributed by atoms with E-state index in [-0.39, 0.29) is 6.61 Å². The van der Waals surface area contributed by atoms with Gasteiger partial charge in [-0.2, -0.15) is 0 Å². The Hall–Kier alpha value is -3.00. The Bertz CT molecular complexity index is 794. The third-order valence-electron chi connectivity index (χ3n) is 3.80. The number of allylic oxidation sites excluding steroid dienone is 2. The molecule has 1 heterocycles. The minimum absolute atomic E-state index is 0.241. The maximum absolute atomic E-state index is 12.4. The van der Waals surface area contributed by atoms with Gasteiger partial charge in [0.25, 0.3) is 0 Å². The maximum Gasteiger partial charge on any atom is 0.337 e. The Morgan fingerprint density at radius 2 is 1.68 bits per heavy atom. The molecule has 2 rings (SSSR count).